The molecule has 0 aromatic carbocycles. The van der Waals surface area contributed by atoms with Crippen LogP contribution >= 0.6 is 0 Å². The van der Waals surface area contributed by atoms with Crippen molar-refractivity contribution in [3.05, 3.63) is 17.0 Å². The number of carbonyl (C=O) groups excluding carboxylic acids is 2. The molecule has 1 N–H and O–H groups in total. The van der Waals surface area contributed by atoms with Crippen LogP contribution in [0.5, 0.6) is 0 Å². The Morgan fingerprint density at radius 1 is 1.47 bits per heavy atom. The standard InChI is InChI=1S/C11H15N3O3/c1-11(2,3)17-10(16)14-4-7-8(5-14)12-13-9(7)6-15/h6H,4-5H2,1-3H3,(H,12,13). The van der Waals surface area contributed by atoms with Gasteiger partial charge in [-0.2, -0.15) is 5.10 Å². The molecule has 1 amide bonds. The maximum atomic E-state index is 11.8. The predicted octanol–water partition coefficient (Wildman–Crippen LogP) is 1.47. The van der Waals surface area contributed by atoms with E-state index in [1.807, 2.05) is 20.8 Å². The molecule has 0 bridgehead atoms. The van der Waals surface area contributed by atoms with Crippen LogP contribution in [0.3, 0.4) is 0 Å². The van der Waals surface area contributed by atoms with Crippen molar-refractivity contribution in [2.75, 3.05) is 0 Å². The fraction of sp³-hybridized carbons (Fsp3) is 0.545. The number of ether oxygens (including phenoxy) is 1. The van der Waals surface area contributed by atoms with Gasteiger partial charge in [0.15, 0.2) is 6.29 Å². The number of hydrogen-bond donors (Lipinski definition) is 1. The zero-order valence-electron chi connectivity index (χ0n) is 10.1. The van der Waals surface area contributed by atoms with Crippen molar-refractivity contribution in [3.63, 3.8) is 0 Å². The molecular weight excluding hydrogens is 222 g/mol. The molecule has 6 heteroatoms. The Kier molecular flexibility index (Phi) is 2.65. The van der Waals surface area contributed by atoms with Crippen molar-refractivity contribution >= 4 is 12.4 Å². The molecule has 2 heterocycles. The van der Waals surface area contributed by atoms with E-state index in [2.05, 4.69) is 10.2 Å². The quantitative estimate of drug-likeness (QED) is 0.750. The maximum absolute atomic E-state index is 11.8. The first-order chi connectivity index (χ1) is 7.90. The lowest BCUT2D eigenvalue weighted by molar-refractivity contribution is 0.0239. The van der Waals surface area contributed by atoms with E-state index in [0.29, 0.717) is 25.1 Å². The molecule has 6 nitrogen and oxygen atoms in total. The van der Waals surface area contributed by atoms with Crippen molar-refractivity contribution in [1.82, 2.24) is 15.1 Å². The third kappa shape index (κ3) is 2.30. The molecule has 0 aliphatic carbocycles. The molecule has 17 heavy (non-hydrogen) atoms. The number of nitrogens with zero attached hydrogens (tertiary/aromatic N) is 2. The van der Waals surface area contributed by atoms with Crippen LogP contribution in [0.15, 0.2) is 0 Å². The molecule has 2 rings (SSSR count). The lowest BCUT2D eigenvalue weighted by Gasteiger charge is -2.24. The molecule has 1 aliphatic heterocycles. The number of fused-ring (bicyclic) bond motifs is 1. The van der Waals surface area contributed by atoms with Crippen molar-refractivity contribution in [3.8, 4) is 0 Å². The molecule has 1 aliphatic rings. The zero-order chi connectivity index (χ0) is 12.6. The van der Waals surface area contributed by atoms with E-state index in [0.717, 1.165) is 11.3 Å². The fourth-order valence-corrected chi connectivity index (χ4v) is 1.72. The summed E-state index contributed by atoms with van der Waals surface area (Å²) in [4.78, 5) is 24.1. The van der Waals surface area contributed by atoms with Crippen molar-refractivity contribution < 1.29 is 14.3 Å². The van der Waals surface area contributed by atoms with Crippen molar-refractivity contribution in [2.24, 2.45) is 0 Å². The summed E-state index contributed by atoms with van der Waals surface area (Å²) < 4.78 is 5.26. The second-order valence-electron chi connectivity index (χ2n) is 5.02. The second kappa shape index (κ2) is 3.87. The van der Waals surface area contributed by atoms with E-state index in [4.69, 9.17) is 4.74 Å². The number of hydrogen-bond acceptors (Lipinski definition) is 4. The van der Waals surface area contributed by atoms with Gasteiger partial charge in [0.05, 0.1) is 18.8 Å². The topological polar surface area (TPSA) is 75.3 Å². The SMILES string of the molecule is CC(C)(C)OC(=O)N1Cc2[nH]nc(C=O)c2C1. The number of rotatable bonds is 1. The summed E-state index contributed by atoms with van der Waals surface area (Å²) >= 11 is 0. The highest BCUT2D eigenvalue weighted by atomic mass is 16.6. The van der Waals surface area contributed by atoms with E-state index in [1.165, 1.54) is 0 Å². The smallest absolute Gasteiger partial charge is 0.410 e. The molecular formula is C11H15N3O3. The molecule has 0 saturated carbocycles. The number of aromatic amines is 1. The summed E-state index contributed by atoms with van der Waals surface area (Å²) in [5.41, 5.74) is 1.44. The molecule has 0 unspecified atom stereocenters. The molecule has 0 radical (unpaired) electrons. The number of nitrogens with one attached hydrogen (secondary N) is 1. The summed E-state index contributed by atoms with van der Waals surface area (Å²) in [6, 6.07) is 0. The van der Waals surface area contributed by atoms with Gasteiger partial charge in [-0.15, -0.1) is 0 Å². The van der Waals surface area contributed by atoms with Crippen LogP contribution in [0.2, 0.25) is 0 Å². The summed E-state index contributed by atoms with van der Waals surface area (Å²) in [5.74, 6) is 0. The van der Waals surface area contributed by atoms with E-state index in [1.54, 1.807) is 4.90 Å². The summed E-state index contributed by atoms with van der Waals surface area (Å²) in [5, 5.41) is 6.61. The highest BCUT2D eigenvalue weighted by Gasteiger charge is 2.30. The minimum atomic E-state index is -0.515. The number of amides is 1. The summed E-state index contributed by atoms with van der Waals surface area (Å²) in [6.45, 7) is 6.23. The van der Waals surface area contributed by atoms with Crippen LogP contribution in [-0.2, 0) is 17.8 Å². The number of H-pyrrole nitrogens is 1. The second-order valence-corrected chi connectivity index (χ2v) is 5.02. The van der Waals surface area contributed by atoms with E-state index in [-0.39, 0.29) is 6.09 Å². The van der Waals surface area contributed by atoms with Gasteiger partial charge in [0.2, 0.25) is 0 Å². The van der Waals surface area contributed by atoms with Gasteiger partial charge in [-0.3, -0.25) is 14.8 Å². The molecule has 0 saturated heterocycles. The molecule has 1 aromatic rings. The van der Waals surface area contributed by atoms with Crippen molar-refractivity contribution in [1.29, 1.82) is 0 Å². The maximum Gasteiger partial charge on any atom is 0.410 e. The fourth-order valence-electron chi connectivity index (χ4n) is 1.72. The van der Waals surface area contributed by atoms with Crippen LogP contribution in [0.25, 0.3) is 0 Å². The van der Waals surface area contributed by atoms with Gasteiger partial charge in [-0.1, -0.05) is 0 Å². The number of carbonyl (C=O) groups is 2. The monoisotopic (exact) mass is 237 g/mol. The van der Waals surface area contributed by atoms with Crippen LogP contribution in [0.1, 0.15) is 42.5 Å². The Morgan fingerprint density at radius 3 is 2.76 bits per heavy atom. The van der Waals surface area contributed by atoms with Crippen LogP contribution < -0.4 is 0 Å². The number of aldehydes is 1. The van der Waals surface area contributed by atoms with Gasteiger partial charge in [-0.05, 0) is 20.8 Å². The molecule has 0 spiro atoms. The first-order valence-corrected chi connectivity index (χ1v) is 5.40. The lowest BCUT2D eigenvalue weighted by Crippen LogP contribution is -2.33. The van der Waals surface area contributed by atoms with Crippen LogP contribution in [0.4, 0.5) is 4.79 Å². The summed E-state index contributed by atoms with van der Waals surface area (Å²) in [7, 11) is 0. The van der Waals surface area contributed by atoms with Gasteiger partial charge in [0.25, 0.3) is 0 Å². The zero-order valence-corrected chi connectivity index (χ0v) is 10.1. The normalized spacial score (nSPS) is 14.6. The Labute approximate surface area is 98.9 Å². The molecule has 0 atom stereocenters. The van der Waals surface area contributed by atoms with E-state index in [9.17, 15) is 9.59 Å². The minimum Gasteiger partial charge on any atom is -0.444 e. The Bertz CT molecular complexity index is 459. The third-order valence-electron chi connectivity index (χ3n) is 2.45. The van der Waals surface area contributed by atoms with Crippen LogP contribution in [0, 0.1) is 0 Å². The van der Waals surface area contributed by atoms with Gasteiger partial charge in [-0.25, -0.2) is 4.79 Å². The summed E-state index contributed by atoms with van der Waals surface area (Å²) in [6.07, 6.45) is 0.312. The number of aromatic nitrogens is 2. The minimum absolute atomic E-state index is 0.367. The largest absolute Gasteiger partial charge is 0.444 e. The third-order valence-corrected chi connectivity index (χ3v) is 2.45. The van der Waals surface area contributed by atoms with E-state index >= 15 is 0 Å². The molecule has 0 fully saturated rings. The van der Waals surface area contributed by atoms with Crippen molar-refractivity contribution in [2.45, 2.75) is 39.5 Å². The first kappa shape index (κ1) is 11.6. The Balaban J connectivity index is 2.07. The molecule has 1 aromatic heterocycles. The van der Waals surface area contributed by atoms with Gasteiger partial charge < -0.3 is 4.74 Å². The first-order valence-electron chi connectivity index (χ1n) is 5.40. The highest BCUT2D eigenvalue weighted by molar-refractivity contribution is 5.76. The Morgan fingerprint density at radius 2 is 2.18 bits per heavy atom. The average molecular weight is 237 g/mol. The average Bonchev–Trinajstić information content (AvgIpc) is 2.72. The van der Waals surface area contributed by atoms with E-state index < -0.39 is 5.60 Å². The van der Waals surface area contributed by atoms with Crippen LogP contribution in [-0.4, -0.2) is 33.1 Å². The predicted molar refractivity (Wildman–Crippen MR) is 59.5 cm³/mol. The van der Waals surface area contributed by atoms with Gasteiger partial charge in [0.1, 0.15) is 11.3 Å². The van der Waals surface area contributed by atoms with Gasteiger partial charge >= 0.3 is 6.09 Å². The highest BCUT2D eigenvalue weighted by Crippen LogP contribution is 2.24. The lowest BCUT2D eigenvalue weighted by atomic mass is 10.2. The Hall–Kier alpha value is -1.85. The van der Waals surface area contributed by atoms with Gasteiger partial charge in [0, 0.05) is 5.56 Å². The molecule has 92 valence electrons.